The lowest BCUT2D eigenvalue weighted by Crippen LogP contribution is -1.95. The van der Waals surface area contributed by atoms with Gasteiger partial charge in [-0.2, -0.15) is 0 Å². The zero-order chi connectivity index (χ0) is 12.4. The quantitative estimate of drug-likeness (QED) is 0.797. The predicted octanol–water partition coefficient (Wildman–Crippen LogP) is 3.94. The molecule has 0 bridgehead atoms. The van der Waals surface area contributed by atoms with Gasteiger partial charge in [0.05, 0.1) is 10.7 Å². The monoisotopic (exact) mass is 254 g/mol. The molecule has 0 aromatic heterocycles. The Morgan fingerprint density at radius 1 is 0.941 bits per heavy atom. The van der Waals surface area contributed by atoms with E-state index >= 15 is 0 Å². The van der Waals surface area contributed by atoms with Gasteiger partial charge in [0.15, 0.2) is 0 Å². The molecule has 0 unspecified atom stereocenters. The molecule has 5 heteroatoms. The summed E-state index contributed by atoms with van der Waals surface area (Å²) in [6, 6.07) is 8.49. The van der Waals surface area contributed by atoms with Crippen LogP contribution in [0.3, 0.4) is 0 Å². The third-order valence-corrected chi connectivity index (χ3v) is 2.50. The third kappa shape index (κ3) is 2.65. The highest BCUT2D eigenvalue weighted by Crippen LogP contribution is 2.24. The highest BCUT2D eigenvalue weighted by atomic mass is 35.5. The molecule has 0 spiro atoms. The van der Waals surface area contributed by atoms with Gasteiger partial charge < -0.3 is 11.1 Å². The van der Waals surface area contributed by atoms with Gasteiger partial charge in [-0.3, -0.25) is 0 Å². The van der Waals surface area contributed by atoms with Crippen LogP contribution in [0.25, 0.3) is 0 Å². The van der Waals surface area contributed by atoms with Gasteiger partial charge in [-0.05, 0) is 36.4 Å². The molecule has 2 rings (SSSR count). The molecule has 0 aliphatic rings. The number of nitrogen functional groups attached to an aromatic ring is 1. The summed E-state index contributed by atoms with van der Waals surface area (Å²) < 4.78 is 26.1. The average Bonchev–Trinajstić information content (AvgIpc) is 2.29. The van der Waals surface area contributed by atoms with Gasteiger partial charge in [-0.1, -0.05) is 11.6 Å². The first-order chi connectivity index (χ1) is 8.06. The predicted molar refractivity (Wildman–Crippen MR) is 65.5 cm³/mol. The molecule has 0 radical (unpaired) electrons. The summed E-state index contributed by atoms with van der Waals surface area (Å²) in [7, 11) is 0. The van der Waals surface area contributed by atoms with E-state index in [0.29, 0.717) is 11.4 Å². The Hall–Kier alpha value is -1.81. The lowest BCUT2D eigenvalue weighted by molar-refractivity contribution is 0.628. The van der Waals surface area contributed by atoms with Crippen LogP contribution in [0, 0.1) is 11.6 Å². The van der Waals surface area contributed by atoms with Crippen molar-refractivity contribution in [2.75, 3.05) is 11.1 Å². The molecule has 0 saturated carbocycles. The molecule has 0 heterocycles. The Morgan fingerprint density at radius 3 is 2.24 bits per heavy atom. The van der Waals surface area contributed by atoms with Crippen LogP contribution in [0.4, 0.5) is 25.8 Å². The molecule has 0 fully saturated rings. The van der Waals surface area contributed by atoms with Crippen LogP contribution in [0.1, 0.15) is 0 Å². The summed E-state index contributed by atoms with van der Waals surface area (Å²) in [4.78, 5) is 0. The highest BCUT2D eigenvalue weighted by Gasteiger charge is 2.03. The zero-order valence-corrected chi connectivity index (χ0v) is 9.43. The Kier molecular flexibility index (Phi) is 3.15. The molecule has 17 heavy (non-hydrogen) atoms. The molecule has 2 aromatic carbocycles. The number of hydrogen-bond donors (Lipinski definition) is 2. The van der Waals surface area contributed by atoms with E-state index in [0.717, 1.165) is 0 Å². The largest absolute Gasteiger partial charge is 0.396 e. The van der Waals surface area contributed by atoms with Crippen LogP contribution in [0.5, 0.6) is 0 Å². The Morgan fingerprint density at radius 2 is 1.59 bits per heavy atom. The lowest BCUT2D eigenvalue weighted by atomic mass is 10.2. The molecule has 2 aromatic rings. The molecular formula is C12H9ClF2N2. The Balaban J connectivity index is 2.25. The fraction of sp³-hybridized carbons (Fsp3) is 0. The zero-order valence-electron chi connectivity index (χ0n) is 8.68. The van der Waals surface area contributed by atoms with Gasteiger partial charge in [0, 0.05) is 11.4 Å². The topological polar surface area (TPSA) is 38.0 Å². The average molecular weight is 255 g/mol. The van der Waals surface area contributed by atoms with E-state index < -0.39 is 11.6 Å². The number of halogens is 3. The summed E-state index contributed by atoms with van der Waals surface area (Å²) in [5.74, 6) is -1.01. The molecule has 3 N–H and O–H groups in total. The maximum Gasteiger partial charge on any atom is 0.148 e. The SMILES string of the molecule is Nc1ccc(Nc2ccc(F)c(Cl)c2)cc1F. The second kappa shape index (κ2) is 4.59. The first-order valence-corrected chi connectivity index (χ1v) is 5.21. The van der Waals surface area contributed by atoms with E-state index in [1.165, 1.54) is 30.3 Å². The lowest BCUT2D eigenvalue weighted by Gasteiger charge is -2.08. The number of anilines is 3. The smallest absolute Gasteiger partial charge is 0.148 e. The summed E-state index contributed by atoms with van der Waals surface area (Å²) >= 11 is 5.63. The van der Waals surface area contributed by atoms with Crippen molar-refractivity contribution >= 4 is 28.7 Å². The van der Waals surface area contributed by atoms with Crippen molar-refractivity contribution in [1.29, 1.82) is 0 Å². The van der Waals surface area contributed by atoms with Gasteiger partial charge in [0.2, 0.25) is 0 Å². The number of hydrogen-bond acceptors (Lipinski definition) is 2. The van der Waals surface area contributed by atoms with Crippen LogP contribution in [-0.2, 0) is 0 Å². The summed E-state index contributed by atoms with van der Waals surface area (Å²) in [5, 5.41) is 2.90. The molecule has 0 atom stereocenters. The molecule has 0 aliphatic carbocycles. The van der Waals surface area contributed by atoms with Crippen molar-refractivity contribution in [2.45, 2.75) is 0 Å². The van der Waals surface area contributed by atoms with Crippen molar-refractivity contribution in [3.63, 3.8) is 0 Å². The van der Waals surface area contributed by atoms with Crippen LogP contribution in [0.15, 0.2) is 36.4 Å². The van der Waals surface area contributed by atoms with Gasteiger partial charge >= 0.3 is 0 Å². The minimum Gasteiger partial charge on any atom is -0.396 e. The second-order valence-corrected chi connectivity index (χ2v) is 3.90. The highest BCUT2D eigenvalue weighted by molar-refractivity contribution is 6.31. The van der Waals surface area contributed by atoms with Crippen LogP contribution in [-0.4, -0.2) is 0 Å². The van der Waals surface area contributed by atoms with E-state index in [1.54, 1.807) is 6.07 Å². The van der Waals surface area contributed by atoms with E-state index in [-0.39, 0.29) is 10.7 Å². The van der Waals surface area contributed by atoms with E-state index in [4.69, 9.17) is 17.3 Å². The maximum absolute atomic E-state index is 13.2. The first kappa shape index (κ1) is 11.7. The summed E-state index contributed by atoms with van der Waals surface area (Å²) in [6.07, 6.45) is 0. The fourth-order valence-corrected chi connectivity index (χ4v) is 1.53. The molecule has 88 valence electrons. The minimum absolute atomic E-state index is 0.00548. The van der Waals surface area contributed by atoms with E-state index in [9.17, 15) is 8.78 Å². The molecule has 0 aliphatic heterocycles. The minimum atomic E-state index is -0.511. The van der Waals surface area contributed by atoms with E-state index in [1.807, 2.05) is 0 Å². The van der Waals surface area contributed by atoms with Crippen LogP contribution >= 0.6 is 11.6 Å². The number of nitrogens with one attached hydrogen (secondary N) is 1. The third-order valence-electron chi connectivity index (χ3n) is 2.21. The number of rotatable bonds is 2. The van der Waals surface area contributed by atoms with Crippen molar-refractivity contribution in [2.24, 2.45) is 0 Å². The van der Waals surface area contributed by atoms with Gasteiger partial charge in [0.1, 0.15) is 11.6 Å². The summed E-state index contributed by atoms with van der Waals surface area (Å²) in [5.41, 5.74) is 6.51. The van der Waals surface area contributed by atoms with Gasteiger partial charge in [-0.15, -0.1) is 0 Å². The van der Waals surface area contributed by atoms with Crippen LogP contribution in [0.2, 0.25) is 5.02 Å². The first-order valence-electron chi connectivity index (χ1n) is 4.83. The number of benzene rings is 2. The second-order valence-electron chi connectivity index (χ2n) is 3.49. The molecule has 0 saturated heterocycles. The van der Waals surface area contributed by atoms with Gasteiger partial charge in [-0.25, -0.2) is 8.78 Å². The van der Waals surface area contributed by atoms with Crippen LogP contribution < -0.4 is 11.1 Å². The van der Waals surface area contributed by atoms with Crippen molar-refractivity contribution < 1.29 is 8.78 Å². The Labute approximate surface area is 102 Å². The van der Waals surface area contributed by atoms with E-state index in [2.05, 4.69) is 5.32 Å². The fourth-order valence-electron chi connectivity index (χ4n) is 1.35. The molecule has 0 amide bonds. The maximum atomic E-state index is 13.2. The van der Waals surface area contributed by atoms with Crippen molar-refractivity contribution in [3.05, 3.63) is 53.1 Å². The Bertz CT molecular complexity index is 509. The van der Waals surface area contributed by atoms with Gasteiger partial charge in [0.25, 0.3) is 0 Å². The molecular weight excluding hydrogens is 246 g/mol. The molecule has 2 nitrogen and oxygen atoms in total. The number of nitrogens with two attached hydrogens (primary N) is 1. The van der Waals surface area contributed by atoms with Crippen molar-refractivity contribution in [1.82, 2.24) is 0 Å². The standard InChI is InChI=1S/C12H9ClF2N2/c13-9-5-7(1-3-10(9)14)17-8-2-4-12(16)11(15)6-8/h1-6,17H,16H2. The van der Waals surface area contributed by atoms with Crippen molar-refractivity contribution in [3.8, 4) is 0 Å². The normalized spacial score (nSPS) is 10.3. The summed E-state index contributed by atoms with van der Waals surface area (Å²) in [6.45, 7) is 0.